The van der Waals surface area contributed by atoms with Crippen molar-refractivity contribution in [2.45, 2.75) is 31.9 Å². The van der Waals surface area contributed by atoms with Crippen molar-refractivity contribution >= 4 is 22.8 Å². The minimum Gasteiger partial charge on any atom is -0.481 e. The van der Waals surface area contributed by atoms with Gasteiger partial charge in [0.2, 0.25) is 0 Å². The van der Waals surface area contributed by atoms with Crippen LogP contribution in [0.5, 0.6) is 0 Å². The summed E-state index contributed by atoms with van der Waals surface area (Å²) in [6.45, 7) is 1.99. The third-order valence-electron chi connectivity index (χ3n) is 4.47. The van der Waals surface area contributed by atoms with Gasteiger partial charge in [-0.3, -0.25) is 9.59 Å². The van der Waals surface area contributed by atoms with E-state index < -0.39 is 23.7 Å². The van der Waals surface area contributed by atoms with Crippen LogP contribution in [0.2, 0.25) is 0 Å². The van der Waals surface area contributed by atoms with Crippen molar-refractivity contribution in [3.05, 3.63) is 35.3 Å². The fraction of sp³-hybridized carbons (Fsp3) is 0.412. The van der Waals surface area contributed by atoms with E-state index in [4.69, 9.17) is 14.3 Å². The van der Waals surface area contributed by atoms with Crippen molar-refractivity contribution in [3.8, 4) is 0 Å². The molecule has 0 radical (unpaired) electrons. The average Bonchev–Trinajstić information content (AvgIpc) is 3.08. The number of carbonyl (C=O) groups is 2. The Morgan fingerprint density at radius 2 is 2.21 bits per heavy atom. The molecule has 1 aliphatic heterocycles. The number of rotatable bonds is 4. The van der Waals surface area contributed by atoms with Crippen LogP contribution in [0.25, 0.3) is 11.0 Å². The second-order valence-corrected chi connectivity index (χ2v) is 6.00. The number of methoxy groups -OCH3 is 1. The Balaban J connectivity index is 1.95. The molecule has 1 saturated heterocycles. The van der Waals surface area contributed by atoms with Gasteiger partial charge in [0, 0.05) is 30.6 Å². The van der Waals surface area contributed by atoms with Crippen LogP contribution >= 0.6 is 0 Å². The van der Waals surface area contributed by atoms with Crippen LogP contribution in [0.15, 0.2) is 22.6 Å². The van der Waals surface area contributed by atoms with Gasteiger partial charge in [-0.2, -0.15) is 0 Å². The summed E-state index contributed by atoms with van der Waals surface area (Å²) >= 11 is 0. The van der Waals surface area contributed by atoms with Gasteiger partial charge in [-0.15, -0.1) is 0 Å². The number of aryl methyl sites for hydroxylation is 1. The Labute approximate surface area is 137 Å². The number of halogens is 1. The van der Waals surface area contributed by atoms with Crippen molar-refractivity contribution in [1.82, 2.24) is 4.90 Å². The molecule has 0 aliphatic carbocycles. The number of nitrogens with zero attached hydrogens (tertiary/aromatic N) is 1. The summed E-state index contributed by atoms with van der Waals surface area (Å²) in [7, 11) is 1.53. The molecule has 0 bridgehead atoms. The third kappa shape index (κ3) is 2.87. The lowest BCUT2D eigenvalue weighted by Gasteiger charge is -2.22. The van der Waals surface area contributed by atoms with Crippen LogP contribution in [-0.4, -0.2) is 47.7 Å². The quantitative estimate of drug-likeness (QED) is 0.929. The molecule has 1 amide bonds. The highest BCUT2D eigenvalue weighted by atomic mass is 19.1. The molecule has 1 aromatic carbocycles. The first-order valence-electron chi connectivity index (χ1n) is 7.65. The third-order valence-corrected chi connectivity index (χ3v) is 4.47. The molecular weight excluding hydrogens is 317 g/mol. The minimum atomic E-state index is -0.974. The summed E-state index contributed by atoms with van der Waals surface area (Å²) < 4.78 is 24.3. The van der Waals surface area contributed by atoms with Crippen LogP contribution < -0.4 is 0 Å². The number of furan rings is 1. The molecule has 1 aromatic heterocycles. The number of hydrogen-bond acceptors (Lipinski definition) is 4. The number of hydrogen-bond donors (Lipinski definition) is 1. The largest absolute Gasteiger partial charge is 0.481 e. The van der Waals surface area contributed by atoms with E-state index >= 15 is 0 Å². The van der Waals surface area contributed by atoms with E-state index in [0.717, 1.165) is 0 Å². The zero-order valence-electron chi connectivity index (χ0n) is 13.4. The molecule has 1 fully saturated rings. The van der Waals surface area contributed by atoms with Crippen LogP contribution in [-0.2, 0) is 9.53 Å². The molecule has 2 heterocycles. The second kappa shape index (κ2) is 6.24. The maximum Gasteiger partial charge on any atom is 0.305 e. The predicted molar refractivity (Wildman–Crippen MR) is 83.4 cm³/mol. The van der Waals surface area contributed by atoms with Crippen molar-refractivity contribution in [2.24, 2.45) is 0 Å². The number of ether oxygens (including phenoxy) is 1. The topological polar surface area (TPSA) is 80.0 Å². The summed E-state index contributed by atoms with van der Waals surface area (Å²) in [6.07, 6.45) is 0.0996. The smallest absolute Gasteiger partial charge is 0.305 e. The Morgan fingerprint density at radius 1 is 1.46 bits per heavy atom. The summed E-state index contributed by atoms with van der Waals surface area (Å²) in [4.78, 5) is 25.4. The van der Waals surface area contributed by atoms with E-state index in [1.807, 2.05) is 0 Å². The first kappa shape index (κ1) is 16.4. The minimum absolute atomic E-state index is 0.114. The number of carboxylic acid groups (broad SMARTS) is 1. The number of benzene rings is 1. The SMILES string of the molecule is COC1CC(CC(=O)O)N(C(=O)c2oc3ccc(F)cc3c2C)C1. The van der Waals surface area contributed by atoms with Gasteiger partial charge in [0.1, 0.15) is 11.4 Å². The molecule has 128 valence electrons. The number of carbonyl (C=O) groups excluding carboxylic acids is 1. The average molecular weight is 335 g/mol. The van der Waals surface area contributed by atoms with E-state index in [1.54, 1.807) is 6.92 Å². The predicted octanol–water partition coefficient (Wildman–Crippen LogP) is 2.58. The van der Waals surface area contributed by atoms with Gasteiger partial charge in [-0.1, -0.05) is 0 Å². The standard InChI is InChI=1S/C17H18FNO5/c1-9-13-5-10(18)3-4-14(13)24-16(9)17(22)19-8-12(23-2)6-11(19)7-15(20)21/h3-5,11-12H,6-8H2,1-2H3,(H,20,21). The Bertz CT molecular complexity index is 800. The van der Waals surface area contributed by atoms with E-state index in [9.17, 15) is 14.0 Å². The number of likely N-dealkylation sites (tertiary alicyclic amines) is 1. The molecule has 24 heavy (non-hydrogen) atoms. The lowest BCUT2D eigenvalue weighted by Crippen LogP contribution is -2.37. The van der Waals surface area contributed by atoms with Crippen LogP contribution in [0.1, 0.15) is 29.0 Å². The van der Waals surface area contributed by atoms with Crippen molar-refractivity contribution < 1.29 is 28.2 Å². The first-order chi connectivity index (χ1) is 11.4. The summed E-state index contributed by atoms with van der Waals surface area (Å²) in [6, 6.07) is 3.61. The molecular formula is C17H18FNO5. The van der Waals surface area contributed by atoms with Crippen LogP contribution in [0, 0.1) is 12.7 Å². The van der Waals surface area contributed by atoms with Crippen molar-refractivity contribution in [3.63, 3.8) is 0 Å². The Kier molecular flexibility index (Phi) is 4.28. The zero-order chi connectivity index (χ0) is 17.4. The molecule has 1 aliphatic rings. The molecule has 2 atom stereocenters. The van der Waals surface area contributed by atoms with Gasteiger partial charge in [-0.05, 0) is 31.5 Å². The highest BCUT2D eigenvalue weighted by Crippen LogP contribution is 2.30. The molecule has 2 aromatic rings. The van der Waals surface area contributed by atoms with E-state index in [0.29, 0.717) is 29.5 Å². The number of amides is 1. The van der Waals surface area contributed by atoms with Gasteiger partial charge < -0.3 is 19.2 Å². The number of fused-ring (bicyclic) bond motifs is 1. The summed E-state index contributed by atoms with van der Waals surface area (Å²) in [5.41, 5.74) is 0.971. The first-order valence-corrected chi connectivity index (χ1v) is 7.65. The molecule has 7 heteroatoms. The molecule has 1 N–H and O–H groups in total. The molecule has 0 spiro atoms. The second-order valence-electron chi connectivity index (χ2n) is 6.00. The van der Waals surface area contributed by atoms with E-state index in [2.05, 4.69) is 0 Å². The summed E-state index contributed by atoms with van der Waals surface area (Å²) in [5, 5.41) is 9.60. The van der Waals surface area contributed by atoms with Crippen LogP contribution in [0.4, 0.5) is 4.39 Å². The lowest BCUT2D eigenvalue weighted by molar-refractivity contribution is -0.138. The highest BCUT2D eigenvalue weighted by molar-refractivity contribution is 5.99. The maximum atomic E-state index is 13.4. The molecule has 2 unspecified atom stereocenters. The monoisotopic (exact) mass is 335 g/mol. The maximum absolute atomic E-state index is 13.4. The molecule has 3 rings (SSSR count). The summed E-state index contributed by atoms with van der Waals surface area (Å²) in [5.74, 6) is -1.66. The zero-order valence-corrected chi connectivity index (χ0v) is 13.4. The van der Waals surface area contributed by atoms with Gasteiger partial charge >= 0.3 is 5.97 Å². The Hall–Kier alpha value is -2.41. The van der Waals surface area contributed by atoms with Gasteiger partial charge in [0.25, 0.3) is 5.91 Å². The van der Waals surface area contributed by atoms with Gasteiger partial charge in [0.05, 0.1) is 12.5 Å². The normalized spacial score (nSPS) is 20.7. The lowest BCUT2D eigenvalue weighted by atomic mass is 10.1. The Morgan fingerprint density at radius 3 is 2.88 bits per heavy atom. The fourth-order valence-corrected chi connectivity index (χ4v) is 3.22. The highest BCUT2D eigenvalue weighted by Gasteiger charge is 2.38. The van der Waals surface area contributed by atoms with Crippen molar-refractivity contribution in [1.29, 1.82) is 0 Å². The van der Waals surface area contributed by atoms with Gasteiger partial charge in [-0.25, -0.2) is 4.39 Å². The van der Waals surface area contributed by atoms with E-state index in [1.165, 1.54) is 30.2 Å². The molecule has 0 saturated carbocycles. The van der Waals surface area contributed by atoms with Gasteiger partial charge in [0.15, 0.2) is 5.76 Å². The molecule has 6 nitrogen and oxygen atoms in total. The van der Waals surface area contributed by atoms with E-state index in [-0.39, 0.29) is 18.3 Å². The van der Waals surface area contributed by atoms with Crippen molar-refractivity contribution in [2.75, 3.05) is 13.7 Å². The fourth-order valence-electron chi connectivity index (χ4n) is 3.22. The number of carboxylic acids is 1. The van der Waals surface area contributed by atoms with Crippen LogP contribution in [0.3, 0.4) is 0 Å². The number of aliphatic carboxylic acids is 1.